The topological polar surface area (TPSA) is 66.5 Å². The molecule has 0 radical (unpaired) electrons. The number of hydrogen-bond donors (Lipinski definition) is 2. The minimum Gasteiger partial charge on any atom is -0.378 e. The molecule has 22 heavy (non-hydrogen) atoms. The molecular weight excluding hydrogens is 327 g/mol. The van der Waals surface area contributed by atoms with Crippen LogP contribution in [0.5, 0.6) is 0 Å². The van der Waals surface area contributed by atoms with Crippen molar-refractivity contribution < 1.29 is 9.53 Å². The lowest BCUT2D eigenvalue weighted by molar-refractivity contribution is -0.122. The molecule has 1 atom stereocenters. The fourth-order valence-electron chi connectivity index (χ4n) is 2.21. The van der Waals surface area contributed by atoms with Gasteiger partial charge >= 0.3 is 0 Å². The smallest absolute Gasteiger partial charge is 0.221 e. The maximum atomic E-state index is 11.9. The lowest BCUT2D eigenvalue weighted by Gasteiger charge is -2.23. The Hall–Kier alpha value is -1.08. The fraction of sp³-hybridized carbons (Fsp3) is 0.571. The standard InChI is InChI=1S/C14H22N4O2.2ClH/c1-18(2)14-11(4-3-5-16-14)9-17-13(19)8-12-10-20-7-6-15-12;;/h3-5,12,15H,6-10H2,1-2H3,(H,17,19);2*1H. The maximum absolute atomic E-state index is 11.9. The van der Waals surface area contributed by atoms with E-state index in [1.165, 1.54) is 0 Å². The first-order valence-electron chi connectivity index (χ1n) is 6.86. The van der Waals surface area contributed by atoms with Crippen LogP contribution < -0.4 is 15.5 Å². The average Bonchev–Trinajstić information content (AvgIpc) is 2.46. The van der Waals surface area contributed by atoms with Gasteiger partial charge in [-0.2, -0.15) is 0 Å². The molecule has 2 rings (SSSR count). The fourth-order valence-corrected chi connectivity index (χ4v) is 2.21. The highest BCUT2D eigenvalue weighted by atomic mass is 35.5. The third-order valence-electron chi connectivity index (χ3n) is 3.20. The van der Waals surface area contributed by atoms with Crippen molar-refractivity contribution in [2.24, 2.45) is 0 Å². The minimum atomic E-state index is 0. The van der Waals surface area contributed by atoms with Gasteiger partial charge in [-0.05, 0) is 6.07 Å². The van der Waals surface area contributed by atoms with Crippen molar-refractivity contribution in [1.82, 2.24) is 15.6 Å². The second-order valence-electron chi connectivity index (χ2n) is 5.09. The van der Waals surface area contributed by atoms with Gasteiger partial charge in [0.1, 0.15) is 5.82 Å². The highest BCUT2D eigenvalue weighted by molar-refractivity contribution is 5.85. The Bertz CT molecular complexity index is 454. The summed E-state index contributed by atoms with van der Waals surface area (Å²) in [5, 5.41) is 6.21. The molecule has 0 aromatic carbocycles. The first-order chi connectivity index (χ1) is 9.66. The number of hydrogen-bond acceptors (Lipinski definition) is 5. The Kier molecular flexibility index (Phi) is 10.1. The van der Waals surface area contributed by atoms with E-state index < -0.39 is 0 Å². The molecule has 1 unspecified atom stereocenters. The largest absolute Gasteiger partial charge is 0.378 e. The van der Waals surface area contributed by atoms with Gasteiger partial charge in [-0.1, -0.05) is 6.07 Å². The van der Waals surface area contributed by atoms with Gasteiger partial charge in [-0.15, -0.1) is 24.8 Å². The number of aromatic nitrogens is 1. The number of nitrogens with one attached hydrogen (secondary N) is 2. The second kappa shape index (κ2) is 10.6. The Balaban J connectivity index is 0.00000220. The van der Waals surface area contributed by atoms with E-state index in [1.54, 1.807) is 6.20 Å². The summed E-state index contributed by atoms with van der Waals surface area (Å²) in [6, 6.07) is 3.97. The predicted octanol–water partition coefficient (Wildman–Crippen LogP) is 0.986. The lowest BCUT2D eigenvalue weighted by atomic mass is 10.2. The molecule has 2 heterocycles. The number of rotatable bonds is 5. The number of anilines is 1. The van der Waals surface area contributed by atoms with Crippen LogP contribution in [-0.2, 0) is 16.1 Å². The molecular formula is C14H24Cl2N4O2. The molecule has 0 saturated carbocycles. The van der Waals surface area contributed by atoms with E-state index in [0.29, 0.717) is 19.6 Å². The average molecular weight is 351 g/mol. The van der Waals surface area contributed by atoms with Gasteiger partial charge in [0, 0.05) is 51.4 Å². The number of amides is 1. The van der Waals surface area contributed by atoms with Crippen LogP contribution in [-0.4, -0.2) is 50.8 Å². The van der Waals surface area contributed by atoms with Crippen LogP contribution in [0.15, 0.2) is 18.3 Å². The molecule has 1 aromatic rings. The van der Waals surface area contributed by atoms with E-state index in [9.17, 15) is 4.79 Å². The highest BCUT2D eigenvalue weighted by Gasteiger charge is 2.17. The van der Waals surface area contributed by atoms with Crippen molar-refractivity contribution in [2.75, 3.05) is 38.8 Å². The molecule has 0 aliphatic carbocycles. The lowest BCUT2D eigenvalue weighted by Crippen LogP contribution is -2.44. The number of nitrogens with zero attached hydrogens (tertiary/aromatic N) is 2. The molecule has 8 heteroatoms. The first-order valence-corrected chi connectivity index (χ1v) is 6.86. The summed E-state index contributed by atoms with van der Waals surface area (Å²) in [6.45, 7) is 2.63. The Labute approximate surface area is 143 Å². The van der Waals surface area contributed by atoms with Crippen molar-refractivity contribution in [2.45, 2.75) is 19.0 Å². The molecule has 1 fully saturated rings. The second-order valence-corrected chi connectivity index (χ2v) is 5.09. The minimum absolute atomic E-state index is 0. The van der Waals surface area contributed by atoms with E-state index in [0.717, 1.165) is 24.5 Å². The number of carbonyl (C=O) groups excluding carboxylic acids is 1. The van der Waals surface area contributed by atoms with E-state index in [-0.39, 0.29) is 36.8 Å². The van der Waals surface area contributed by atoms with Gasteiger partial charge in [0.25, 0.3) is 0 Å². The Morgan fingerprint density at radius 3 is 2.91 bits per heavy atom. The number of ether oxygens (including phenoxy) is 1. The summed E-state index contributed by atoms with van der Waals surface area (Å²) in [4.78, 5) is 18.2. The van der Waals surface area contributed by atoms with Gasteiger partial charge in [-0.3, -0.25) is 4.79 Å². The summed E-state index contributed by atoms with van der Waals surface area (Å²) in [5.74, 6) is 0.911. The molecule has 2 N–H and O–H groups in total. The molecule has 1 aromatic heterocycles. The number of carbonyl (C=O) groups is 1. The summed E-state index contributed by atoms with van der Waals surface area (Å²) in [5.41, 5.74) is 1.01. The monoisotopic (exact) mass is 350 g/mol. The molecule has 126 valence electrons. The number of pyridine rings is 1. The van der Waals surface area contributed by atoms with Gasteiger partial charge in [-0.25, -0.2) is 4.98 Å². The van der Waals surface area contributed by atoms with Gasteiger partial charge in [0.2, 0.25) is 5.91 Å². The van der Waals surface area contributed by atoms with Crippen molar-refractivity contribution in [3.8, 4) is 0 Å². The SMILES string of the molecule is CN(C)c1ncccc1CNC(=O)CC1COCCN1.Cl.Cl. The van der Waals surface area contributed by atoms with Crippen LogP contribution in [0.25, 0.3) is 0 Å². The maximum Gasteiger partial charge on any atom is 0.221 e. The first kappa shape index (κ1) is 20.9. The van der Waals surface area contributed by atoms with Crippen molar-refractivity contribution >= 4 is 36.5 Å². The quantitative estimate of drug-likeness (QED) is 0.828. The van der Waals surface area contributed by atoms with E-state index in [4.69, 9.17) is 4.74 Å². The normalized spacial score (nSPS) is 16.9. The predicted molar refractivity (Wildman–Crippen MR) is 92.1 cm³/mol. The van der Waals surface area contributed by atoms with Gasteiger partial charge in [0.15, 0.2) is 0 Å². The van der Waals surface area contributed by atoms with Crippen LogP contribution in [0.1, 0.15) is 12.0 Å². The van der Waals surface area contributed by atoms with Crippen LogP contribution >= 0.6 is 24.8 Å². The van der Waals surface area contributed by atoms with Crippen LogP contribution in [0.2, 0.25) is 0 Å². The summed E-state index contributed by atoms with van der Waals surface area (Å²) in [7, 11) is 3.88. The molecule has 0 spiro atoms. The Morgan fingerprint density at radius 1 is 1.50 bits per heavy atom. The summed E-state index contributed by atoms with van der Waals surface area (Å²) < 4.78 is 5.34. The van der Waals surface area contributed by atoms with E-state index in [2.05, 4.69) is 15.6 Å². The third-order valence-corrected chi connectivity index (χ3v) is 3.20. The van der Waals surface area contributed by atoms with Crippen LogP contribution in [0, 0.1) is 0 Å². The highest BCUT2D eigenvalue weighted by Crippen LogP contribution is 2.13. The number of morpholine rings is 1. The molecule has 1 amide bonds. The number of halogens is 2. The zero-order chi connectivity index (χ0) is 14.4. The Morgan fingerprint density at radius 2 is 2.27 bits per heavy atom. The molecule has 1 aliphatic heterocycles. The van der Waals surface area contributed by atoms with E-state index >= 15 is 0 Å². The van der Waals surface area contributed by atoms with Crippen molar-refractivity contribution in [3.05, 3.63) is 23.9 Å². The van der Waals surface area contributed by atoms with Crippen molar-refractivity contribution in [1.29, 1.82) is 0 Å². The van der Waals surface area contributed by atoms with Gasteiger partial charge < -0.3 is 20.3 Å². The molecule has 1 saturated heterocycles. The molecule has 1 aliphatic rings. The summed E-state index contributed by atoms with van der Waals surface area (Å²) in [6.07, 6.45) is 2.20. The van der Waals surface area contributed by atoms with Crippen LogP contribution in [0.4, 0.5) is 5.82 Å². The molecule has 0 bridgehead atoms. The van der Waals surface area contributed by atoms with Crippen molar-refractivity contribution in [3.63, 3.8) is 0 Å². The zero-order valence-electron chi connectivity index (χ0n) is 12.9. The van der Waals surface area contributed by atoms with Gasteiger partial charge in [0.05, 0.1) is 13.2 Å². The van der Waals surface area contributed by atoms with E-state index in [1.807, 2.05) is 31.1 Å². The molecule has 6 nitrogen and oxygen atoms in total. The zero-order valence-corrected chi connectivity index (χ0v) is 14.5. The third kappa shape index (κ3) is 6.36. The van der Waals surface area contributed by atoms with Crippen LogP contribution in [0.3, 0.4) is 0 Å². The summed E-state index contributed by atoms with van der Waals surface area (Å²) >= 11 is 0.